The van der Waals surface area contributed by atoms with E-state index in [0.717, 1.165) is 12.8 Å². The van der Waals surface area contributed by atoms with Crippen LogP contribution in [0.4, 0.5) is 22.7 Å². The zero-order chi connectivity index (χ0) is 38.7. The molecule has 0 aromatic heterocycles. The lowest BCUT2D eigenvalue weighted by Crippen LogP contribution is -2.34. The van der Waals surface area contributed by atoms with Crippen molar-refractivity contribution in [2.45, 2.75) is 101 Å². The van der Waals surface area contributed by atoms with Gasteiger partial charge in [0.25, 0.3) is 0 Å². The molecule has 278 valence electrons. The van der Waals surface area contributed by atoms with E-state index in [0.29, 0.717) is 11.8 Å². The Morgan fingerprint density at radius 1 is 0.704 bits per heavy atom. The van der Waals surface area contributed by atoms with Crippen LogP contribution in [0.15, 0.2) is 138 Å². The van der Waals surface area contributed by atoms with Crippen molar-refractivity contribution in [1.82, 2.24) is 0 Å². The molecule has 1 aliphatic rings. The van der Waals surface area contributed by atoms with Crippen molar-refractivity contribution >= 4 is 55.1 Å². The number of hydrogen-bond donors (Lipinski definition) is 0. The van der Waals surface area contributed by atoms with Crippen LogP contribution in [-0.4, -0.2) is 6.04 Å². The van der Waals surface area contributed by atoms with Crippen LogP contribution < -0.4 is 9.80 Å². The highest BCUT2D eigenvalue weighted by molar-refractivity contribution is 6.27. The number of allylic oxidation sites excluding steroid dienone is 5. The Balaban J connectivity index is 0.00000245. The molecule has 0 aliphatic heterocycles. The number of rotatable bonds is 10. The topological polar surface area (TPSA) is 6.48 Å². The van der Waals surface area contributed by atoms with Gasteiger partial charge in [-0.05, 0) is 140 Å². The first-order chi connectivity index (χ1) is 26.0. The van der Waals surface area contributed by atoms with E-state index in [1.807, 2.05) is 13.8 Å². The molecule has 54 heavy (non-hydrogen) atoms. The van der Waals surface area contributed by atoms with E-state index in [1.54, 1.807) is 0 Å². The SMILES string of the molecule is C/C=C(\C=C/CC(C)C)N(c1ccc2ccc3c(N(c4ccc(C(C)C)cc4)c4cc(C)cc(C)c4)ccc4ccc1c2c43)C1C=C(C)C=C(C)C1.CC. The maximum Gasteiger partial charge on any atom is 0.0565 e. The molecule has 0 bridgehead atoms. The second kappa shape index (κ2) is 16.5. The van der Waals surface area contributed by atoms with E-state index in [9.17, 15) is 0 Å². The summed E-state index contributed by atoms with van der Waals surface area (Å²) >= 11 is 0. The van der Waals surface area contributed by atoms with Crippen LogP contribution in [0.1, 0.15) is 97.8 Å². The summed E-state index contributed by atoms with van der Waals surface area (Å²) in [6.45, 7) is 24.2. The monoisotopic (exact) mass is 712 g/mol. The summed E-state index contributed by atoms with van der Waals surface area (Å²) in [7, 11) is 0. The van der Waals surface area contributed by atoms with E-state index in [4.69, 9.17) is 0 Å². The van der Waals surface area contributed by atoms with Gasteiger partial charge in [-0.15, -0.1) is 0 Å². The van der Waals surface area contributed by atoms with E-state index in [2.05, 4.69) is 193 Å². The Kier molecular flexibility index (Phi) is 11.8. The maximum absolute atomic E-state index is 2.60. The van der Waals surface area contributed by atoms with Crippen LogP contribution in [0, 0.1) is 19.8 Å². The van der Waals surface area contributed by atoms with E-state index in [-0.39, 0.29) is 6.04 Å². The molecule has 1 unspecified atom stereocenters. The van der Waals surface area contributed by atoms with E-state index in [1.165, 1.54) is 88.6 Å². The van der Waals surface area contributed by atoms with Gasteiger partial charge in [0.2, 0.25) is 0 Å². The lowest BCUT2D eigenvalue weighted by Gasteiger charge is -2.36. The van der Waals surface area contributed by atoms with Crippen LogP contribution in [0.5, 0.6) is 0 Å². The van der Waals surface area contributed by atoms with Crippen LogP contribution in [0.25, 0.3) is 32.3 Å². The number of aryl methyl sites for hydroxylation is 2. The first kappa shape index (κ1) is 38.6. The van der Waals surface area contributed by atoms with Crippen LogP contribution in [0.2, 0.25) is 0 Å². The summed E-state index contributed by atoms with van der Waals surface area (Å²) in [4.78, 5) is 5.06. The molecule has 0 saturated heterocycles. The first-order valence-corrected chi connectivity index (χ1v) is 20.2. The van der Waals surface area contributed by atoms with Crippen molar-refractivity contribution in [3.63, 3.8) is 0 Å². The predicted molar refractivity (Wildman–Crippen MR) is 240 cm³/mol. The zero-order valence-corrected chi connectivity index (χ0v) is 34.6. The smallest absolute Gasteiger partial charge is 0.0565 e. The minimum Gasteiger partial charge on any atom is -0.334 e. The van der Waals surface area contributed by atoms with Crippen LogP contribution in [-0.2, 0) is 0 Å². The minimum atomic E-state index is 0.225. The van der Waals surface area contributed by atoms with Crippen LogP contribution >= 0.6 is 0 Å². The molecule has 0 amide bonds. The average Bonchev–Trinajstić information content (AvgIpc) is 3.14. The molecule has 1 atom stereocenters. The van der Waals surface area contributed by atoms with Gasteiger partial charge < -0.3 is 9.80 Å². The lowest BCUT2D eigenvalue weighted by molar-refractivity contribution is 0.662. The normalized spacial score (nSPS) is 15.0. The lowest BCUT2D eigenvalue weighted by atomic mass is 9.90. The highest BCUT2D eigenvalue weighted by Gasteiger charge is 2.26. The van der Waals surface area contributed by atoms with E-state index < -0.39 is 0 Å². The molecule has 0 fully saturated rings. The molecular formula is C52H60N2. The van der Waals surface area contributed by atoms with Gasteiger partial charge in [0, 0.05) is 33.5 Å². The fourth-order valence-corrected chi connectivity index (χ4v) is 8.33. The van der Waals surface area contributed by atoms with Crippen LogP contribution in [0.3, 0.4) is 0 Å². The number of anilines is 4. The van der Waals surface area contributed by atoms with Gasteiger partial charge in [-0.2, -0.15) is 0 Å². The van der Waals surface area contributed by atoms with Gasteiger partial charge >= 0.3 is 0 Å². The third-order valence-electron chi connectivity index (χ3n) is 10.7. The van der Waals surface area contributed by atoms with Gasteiger partial charge in [0.1, 0.15) is 0 Å². The summed E-state index contributed by atoms with van der Waals surface area (Å²) in [6.07, 6.45) is 13.8. The minimum absolute atomic E-state index is 0.225. The van der Waals surface area contributed by atoms with Gasteiger partial charge in [-0.25, -0.2) is 0 Å². The molecule has 0 saturated carbocycles. The quantitative estimate of drug-likeness (QED) is 0.103. The molecular weight excluding hydrogens is 653 g/mol. The van der Waals surface area contributed by atoms with Crippen molar-refractivity contribution in [3.8, 4) is 0 Å². The number of nitrogens with zero attached hydrogens (tertiary/aromatic N) is 2. The molecule has 0 radical (unpaired) electrons. The molecule has 0 N–H and O–H groups in total. The molecule has 2 nitrogen and oxygen atoms in total. The van der Waals surface area contributed by atoms with Crippen molar-refractivity contribution in [3.05, 3.63) is 155 Å². The predicted octanol–water partition coefficient (Wildman–Crippen LogP) is 15.8. The third-order valence-corrected chi connectivity index (χ3v) is 10.7. The zero-order valence-electron chi connectivity index (χ0n) is 34.6. The summed E-state index contributed by atoms with van der Waals surface area (Å²) in [5.41, 5.74) is 12.7. The standard InChI is InChI=1S/C50H54N2.C2H6/c1-10-41(13-11-12-32(2)3)51(43-28-34(6)26-35(7)29-43)47-24-18-39-17-23-46-48(25-19-40-16-22-45(47)49(39)50(40)46)52(44-30-36(8)27-37(9)31-44)42-20-14-38(15-21-42)33(4)5;1-2/h10-11,13-28,30-33,43H,12,29H2,1-9H3;1-2H3/b13-11-,41-10+;. The van der Waals surface area contributed by atoms with Crippen molar-refractivity contribution in [2.24, 2.45) is 5.92 Å². The van der Waals surface area contributed by atoms with Gasteiger partial charge in [-0.3, -0.25) is 0 Å². The molecule has 6 aromatic rings. The second-order valence-corrected chi connectivity index (χ2v) is 15.8. The largest absolute Gasteiger partial charge is 0.334 e. The molecule has 0 spiro atoms. The highest BCUT2D eigenvalue weighted by atomic mass is 15.2. The molecule has 6 aromatic carbocycles. The second-order valence-electron chi connectivity index (χ2n) is 15.8. The van der Waals surface area contributed by atoms with E-state index >= 15 is 0 Å². The summed E-state index contributed by atoms with van der Waals surface area (Å²) in [5, 5.41) is 7.76. The summed E-state index contributed by atoms with van der Waals surface area (Å²) in [5.74, 6) is 1.10. The summed E-state index contributed by atoms with van der Waals surface area (Å²) in [6, 6.07) is 35.0. The van der Waals surface area contributed by atoms with Crippen molar-refractivity contribution in [2.75, 3.05) is 9.80 Å². The average molecular weight is 713 g/mol. The Morgan fingerprint density at radius 2 is 1.28 bits per heavy atom. The molecule has 0 heterocycles. The number of hydrogen-bond acceptors (Lipinski definition) is 2. The van der Waals surface area contributed by atoms with Gasteiger partial charge in [0.05, 0.1) is 11.7 Å². The van der Waals surface area contributed by atoms with Gasteiger partial charge in [-0.1, -0.05) is 132 Å². The fraction of sp³-hybridized carbons (Fsp3) is 0.308. The third kappa shape index (κ3) is 7.76. The molecule has 7 rings (SSSR count). The highest BCUT2D eigenvalue weighted by Crippen LogP contribution is 2.47. The Labute approximate surface area is 325 Å². The summed E-state index contributed by atoms with van der Waals surface area (Å²) < 4.78 is 0. The Morgan fingerprint density at radius 3 is 1.83 bits per heavy atom. The first-order valence-electron chi connectivity index (χ1n) is 20.2. The molecule has 2 heteroatoms. The number of benzene rings is 6. The van der Waals surface area contributed by atoms with Crippen molar-refractivity contribution in [1.29, 1.82) is 0 Å². The Bertz CT molecular complexity index is 2340. The van der Waals surface area contributed by atoms with Gasteiger partial charge in [0.15, 0.2) is 0 Å². The fourth-order valence-electron chi connectivity index (χ4n) is 8.33. The maximum atomic E-state index is 2.60. The molecule has 1 aliphatic carbocycles. The van der Waals surface area contributed by atoms with Crippen molar-refractivity contribution < 1.29 is 0 Å². The Hall–Kier alpha value is -5.08.